The standard InChI is InChI=1S/C18H16N4O4S/c1-25-14-7-4-6-12(9-14)17-20-21-18(27)22(17)19-10-13-5-2-3-8-15(13)26-11-16(23)24/h2-10H,11H2,1H3,(H,21,27)(H,23,24). The summed E-state index contributed by atoms with van der Waals surface area (Å²) in [6.07, 6.45) is 1.53. The molecule has 27 heavy (non-hydrogen) atoms. The number of aliphatic carboxylic acids is 1. The van der Waals surface area contributed by atoms with Crippen LogP contribution < -0.4 is 9.47 Å². The maximum Gasteiger partial charge on any atom is 0.341 e. The second-order valence-corrected chi connectivity index (χ2v) is 5.75. The number of para-hydroxylation sites is 1. The maximum atomic E-state index is 10.7. The summed E-state index contributed by atoms with van der Waals surface area (Å²) in [5.74, 6) is 0.546. The van der Waals surface area contributed by atoms with Crippen molar-refractivity contribution in [1.82, 2.24) is 14.9 Å². The molecule has 0 unspecified atom stereocenters. The first-order valence-corrected chi connectivity index (χ1v) is 8.29. The van der Waals surface area contributed by atoms with Crippen molar-refractivity contribution in [3.05, 3.63) is 58.9 Å². The summed E-state index contributed by atoms with van der Waals surface area (Å²) < 4.78 is 12.3. The molecular formula is C18H16N4O4S. The molecule has 0 saturated carbocycles. The molecule has 138 valence electrons. The minimum absolute atomic E-state index is 0.313. The highest BCUT2D eigenvalue weighted by Gasteiger charge is 2.10. The number of nitrogens with one attached hydrogen (secondary N) is 1. The van der Waals surface area contributed by atoms with E-state index in [0.717, 1.165) is 5.56 Å². The second-order valence-electron chi connectivity index (χ2n) is 5.36. The van der Waals surface area contributed by atoms with Gasteiger partial charge < -0.3 is 14.6 Å². The number of carbonyl (C=O) groups is 1. The number of rotatable bonds is 7. The van der Waals surface area contributed by atoms with Gasteiger partial charge in [-0.25, -0.2) is 9.89 Å². The number of ether oxygens (including phenoxy) is 2. The average Bonchev–Trinajstić information content (AvgIpc) is 3.05. The van der Waals surface area contributed by atoms with Gasteiger partial charge in [0, 0.05) is 11.1 Å². The molecule has 8 nitrogen and oxygen atoms in total. The Morgan fingerprint density at radius 3 is 2.93 bits per heavy atom. The third-order valence-corrected chi connectivity index (χ3v) is 3.83. The Bertz CT molecular complexity index is 1040. The van der Waals surface area contributed by atoms with Gasteiger partial charge in [-0.3, -0.25) is 0 Å². The molecule has 1 heterocycles. The smallest absolute Gasteiger partial charge is 0.341 e. The third kappa shape index (κ3) is 4.39. The van der Waals surface area contributed by atoms with E-state index in [1.165, 1.54) is 10.9 Å². The van der Waals surface area contributed by atoms with E-state index in [4.69, 9.17) is 26.8 Å². The molecule has 0 fully saturated rings. The van der Waals surface area contributed by atoms with Gasteiger partial charge in [-0.2, -0.15) is 14.9 Å². The van der Waals surface area contributed by atoms with Crippen LogP contribution in [0, 0.1) is 4.77 Å². The quantitative estimate of drug-likeness (QED) is 0.480. The molecule has 0 atom stereocenters. The number of carboxylic acids is 1. The number of carboxylic acid groups (broad SMARTS) is 1. The Hall–Kier alpha value is -3.46. The minimum Gasteiger partial charge on any atom is -0.497 e. The van der Waals surface area contributed by atoms with Gasteiger partial charge in [0.15, 0.2) is 12.4 Å². The van der Waals surface area contributed by atoms with Crippen molar-refractivity contribution < 1.29 is 19.4 Å². The van der Waals surface area contributed by atoms with Crippen LogP contribution in [0.25, 0.3) is 11.4 Å². The zero-order valence-corrected chi connectivity index (χ0v) is 15.1. The second kappa shape index (κ2) is 8.28. The van der Waals surface area contributed by atoms with E-state index in [2.05, 4.69) is 15.3 Å². The van der Waals surface area contributed by atoms with E-state index in [9.17, 15) is 4.79 Å². The summed E-state index contributed by atoms with van der Waals surface area (Å²) in [6.45, 7) is -0.439. The van der Waals surface area contributed by atoms with Gasteiger partial charge in [0.1, 0.15) is 11.5 Å². The van der Waals surface area contributed by atoms with Crippen molar-refractivity contribution in [2.45, 2.75) is 0 Å². The largest absolute Gasteiger partial charge is 0.497 e. The molecule has 0 bridgehead atoms. The van der Waals surface area contributed by atoms with Crippen LogP contribution in [0.15, 0.2) is 53.6 Å². The van der Waals surface area contributed by atoms with Crippen LogP contribution >= 0.6 is 12.2 Å². The van der Waals surface area contributed by atoms with Crippen LogP contribution in [0.1, 0.15) is 5.56 Å². The Labute approximate surface area is 159 Å². The lowest BCUT2D eigenvalue weighted by atomic mass is 10.2. The topological polar surface area (TPSA) is 102 Å². The molecule has 2 aromatic carbocycles. The summed E-state index contributed by atoms with van der Waals surface area (Å²) in [7, 11) is 1.59. The molecule has 1 aromatic heterocycles. The molecule has 0 aliphatic carbocycles. The molecule has 0 aliphatic heterocycles. The first-order chi connectivity index (χ1) is 13.1. The Morgan fingerprint density at radius 1 is 1.33 bits per heavy atom. The number of nitrogens with zero attached hydrogens (tertiary/aromatic N) is 3. The van der Waals surface area contributed by atoms with Gasteiger partial charge >= 0.3 is 5.97 Å². The van der Waals surface area contributed by atoms with E-state index in [1.54, 1.807) is 31.4 Å². The summed E-state index contributed by atoms with van der Waals surface area (Å²) in [4.78, 5) is 10.7. The lowest BCUT2D eigenvalue weighted by molar-refractivity contribution is -0.139. The normalized spacial score (nSPS) is 10.9. The maximum absolute atomic E-state index is 10.7. The number of hydrogen-bond acceptors (Lipinski definition) is 6. The van der Waals surface area contributed by atoms with Gasteiger partial charge in [0.05, 0.1) is 13.3 Å². The Kier molecular flexibility index (Phi) is 5.62. The summed E-state index contributed by atoms with van der Waals surface area (Å²) in [5, 5.41) is 20.1. The first kappa shape index (κ1) is 18.3. The molecule has 0 saturated heterocycles. The predicted molar refractivity (Wildman–Crippen MR) is 102 cm³/mol. The SMILES string of the molecule is COc1cccc(-c2n[nH]c(=S)n2N=Cc2ccccc2OCC(=O)O)c1. The summed E-state index contributed by atoms with van der Waals surface area (Å²) >= 11 is 5.26. The van der Waals surface area contributed by atoms with Crippen molar-refractivity contribution in [3.63, 3.8) is 0 Å². The average molecular weight is 384 g/mol. The number of aromatic amines is 1. The van der Waals surface area contributed by atoms with Crippen LogP contribution in [0.2, 0.25) is 0 Å². The fraction of sp³-hybridized carbons (Fsp3) is 0.111. The molecular weight excluding hydrogens is 368 g/mol. The van der Waals surface area contributed by atoms with Crippen molar-refractivity contribution in [1.29, 1.82) is 0 Å². The van der Waals surface area contributed by atoms with Crippen LogP contribution in [0.4, 0.5) is 0 Å². The summed E-state index contributed by atoms with van der Waals surface area (Å²) in [6, 6.07) is 14.3. The first-order valence-electron chi connectivity index (χ1n) is 7.88. The lowest BCUT2D eigenvalue weighted by Crippen LogP contribution is -2.10. The Morgan fingerprint density at radius 2 is 2.15 bits per heavy atom. The molecule has 9 heteroatoms. The monoisotopic (exact) mass is 384 g/mol. The third-order valence-electron chi connectivity index (χ3n) is 3.56. The van der Waals surface area contributed by atoms with Gasteiger partial charge in [-0.15, -0.1) is 0 Å². The minimum atomic E-state index is -1.06. The highest BCUT2D eigenvalue weighted by molar-refractivity contribution is 7.71. The number of H-pyrrole nitrogens is 1. The molecule has 0 amide bonds. The van der Waals surface area contributed by atoms with E-state index in [0.29, 0.717) is 27.7 Å². The highest BCUT2D eigenvalue weighted by Crippen LogP contribution is 2.22. The van der Waals surface area contributed by atoms with E-state index >= 15 is 0 Å². The fourth-order valence-electron chi connectivity index (χ4n) is 2.33. The zero-order valence-electron chi connectivity index (χ0n) is 14.3. The Balaban J connectivity index is 1.94. The van der Waals surface area contributed by atoms with Crippen molar-refractivity contribution in [2.24, 2.45) is 5.10 Å². The van der Waals surface area contributed by atoms with Gasteiger partial charge in [-0.1, -0.05) is 24.3 Å². The van der Waals surface area contributed by atoms with Crippen molar-refractivity contribution in [3.8, 4) is 22.9 Å². The van der Waals surface area contributed by atoms with Gasteiger partial charge in [0.2, 0.25) is 4.77 Å². The number of aromatic nitrogens is 3. The van der Waals surface area contributed by atoms with Crippen molar-refractivity contribution >= 4 is 24.4 Å². The fourth-order valence-corrected chi connectivity index (χ4v) is 2.51. The van der Waals surface area contributed by atoms with Crippen molar-refractivity contribution in [2.75, 3.05) is 13.7 Å². The highest BCUT2D eigenvalue weighted by atomic mass is 32.1. The van der Waals surface area contributed by atoms with Crippen LogP contribution in [-0.4, -0.2) is 45.9 Å². The van der Waals surface area contributed by atoms with Crippen LogP contribution in [0.3, 0.4) is 0 Å². The molecule has 3 rings (SSSR count). The van der Waals surface area contributed by atoms with Crippen LogP contribution in [0.5, 0.6) is 11.5 Å². The van der Waals surface area contributed by atoms with Gasteiger partial charge in [-0.05, 0) is 36.5 Å². The molecule has 0 radical (unpaired) electrons. The number of benzene rings is 2. The van der Waals surface area contributed by atoms with E-state index < -0.39 is 12.6 Å². The molecule has 0 aliphatic rings. The molecule has 2 N–H and O–H groups in total. The van der Waals surface area contributed by atoms with Gasteiger partial charge in [0.25, 0.3) is 0 Å². The predicted octanol–water partition coefficient (Wildman–Crippen LogP) is 2.96. The number of methoxy groups -OCH3 is 1. The zero-order chi connectivity index (χ0) is 19.2. The molecule has 0 spiro atoms. The lowest BCUT2D eigenvalue weighted by Gasteiger charge is -2.07. The van der Waals surface area contributed by atoms with Crippen LogP contribution in [-0.2, 0) is 4.79 Å². The van der Waals surface area contributed by atoms with E-state index in [-0.39, 0.29) is 0 Å². The number of hydrogen-bond donors (Lipinski definition) is 2. The summed E-state index contributed by atoms with van der Waals surface area (Å²) in [5.41, 5.74) is 1.38. The molecule has 3 aromatic rings. The van der Waals surface area contributed by atoms with E-state index in [1.807, 2.05) is 24.3 Å².